The summed E-state index contributed by atoms with van der Waals surface area (Å²) >= 11 is 0. The fourth-order valence-corrected chi connectivity index (χ4v) is 5.06. The first kappa shape index (κ1) is 36.1. The SMILES string of the molecule is CCCCCCCC[c-]1ccc2ccccc21.CCCCCCCC[c-]1ccc2ccccc21.[Cl-].[Cl-].[Zr+4]. The second-order valence-corrected chi connectivity index (χ2v) is 9.93. The Kier molecular flexibility index (Phi) is 21.5. The molecule has 0 radical (unpaired) electrons. The predicted molar refractivity (Wildman–Crippen MR) is 153 cm³/mol. The van der Waals surface area contributed by atoms with Gasteiger partial charge in [0, 0.05) is 0 Å². The van der Waals surface area contributed by atoms with Crippen molar-refractivity contribution in [2.75, 3.05) is 0 Å². The van der Waals surface area contributed by atoms with Crippen LogP contribution in [0.5, 0.6) is 0 Å². The van der Waals surface area contributed by atoms with E-state index in [1.54, 1.807) is 0 Å². The molecule has 0 bridgehead atoms. The number of hydrogen-bond donors (Lipinski definition) is 0. The molecule has 4 aromatic carbocycles. The van der Waals surface area contributed by atoms with Gasteiger partial charge in [-0.15, -0.1) is 81.2 Å². The fourth-order valence-electron chi connectivity index (χ4n) is 5.06. The zero-order valence-electron chi connectivity index (χ0n) is 23.1. The van der Waals surface area contributed by atoms with Gasteiger partial charge in [-0.05, 0) is 0 Å². The minimum atomic E-state index is 0. The Morgan fingerprint density at radius 3 is 1.22 bits per heavy atom. The number of aryl methyl sites for hydroxylation is 2. The molecule has 0 spiro atoms. The maximum absolute atomic E-state index is 2.30. The van der Waals surface area contributed by atoms with Gasteiger partial charge in [0.05, 0.1) is 0 Å². The summed E-state index contributed by atoms with van der Waals surface area (Å²) < 4.78 is 0. The van der Waals surface area contributed by atoms with Crippen LogP contribution in [0.2, 0.25) is 0 Å². The second-order valence-electron chi connectivity index (χ2n) is 9.93. The Bertz CT molecular complexity index is 976. The Morgan fingerprint density at radius 2 is 0.811 bits per heavy atom. The Morgan fingerprint density at radius 1 is 0.459 bits per heavy atom. The maximum Gasteiger partial charge on any atom is 4.00 e. The molecule has 0 heterocycles. The van der Waals surface area contributed by atoms with Gasteiger partial charge in [-0.3, -0.25) is 0 Å². The van der Waals surface area contributed by atoms with Gasteiger partial charge >= 0.3 is 26.2 Å². The van der Waals surface area contributed by atoms with Crippen LogP contribution < -0.4 is 24.8 Å². The van der Waals surface area contributed by atoms with Crippen molar-refractivity contribution < 1.29 is 51.0 Å². The summed E-state index contributed by atoms with van der Waals surface area (Å²) in [5, 5.41) is 5.71. The maximum atomic E-state index is 2.30. The predicted octanol–water partition coefficient (Wildman–Crippen LogP) is 4.93. The van der Waals surface area contributed by atoms with Crippen LogP contribution in [0.1, 0.15) is 102 Å². The Balaban J connectivity index is 0.000000648. The van der Waals surface area contributed by atoms with Crippen molar-refractivity contribution in [1.29, 1.82) is 0 Å². The molecule has 4 rings (SSSR count). The van der Waals surface area contributed by atoms with E-state index in [4.69, 9.17) is 0 Å². The monoisotopic (exact) mass is 614 g/mol. The summed E-state index contributed by atoms with van der Waals surface area (Å²) in [4.78, 5) is 0. The molecule has 3 heteroatoms. The van der Waals surface area contributed by atoms with E-state index in [9.17, 15) is 0 Å². The van der Waals surface area contributed by atoms with Gasteiger partial charge < -0.3 is 24.8 Å². The van der Waals surface area contributed by atoms with E-state index in [2.05, 4.69) is 86.6 Å². The molecular formula is C34H46Cl2Zr. The summed E-state index contributed by atoms with van der Waals surface area (Å²) in [6.07, 6.45) is 19.1. The van der Waals surface area contributed by atoms with E-state index >= 15 is 0 Å². The largest absolute Gasteiger partial charge is 4.00 e. The average Bonchev–Trinajstić information content (AvgIpc) is 3.48. The van der Waals surface area contributed by atoms with E-state index in [1.807, 2.05) is 0 Å². The van der Waals surface area contributed by atoms with Crippen LogP contribution in [0.3, 0.4) is 0 Å². The molecule has 200 valence electrons. The Hall–Kier alpha value is -0.877. The summed E-state index contributed by atoms with van der Waals surface area (Å²) in [5.41, 5.74) is 3.08. The van der Waals surface area contributed by atoms with Gasteiger partial charge in [0.15, 0.2) is 0 Å². The van der Waals surface area contributed by atoms with Crippen molar-refractivity contribution in [2.45, 2.75) is 104 Å². The number of hydrogen-bond acceptors (Lipinski definition) is 0. The van der Waals surface area contributed by atoms with Crippen molar-refractivity contribution in [3.63, 3.8) is 0 Å². The minimum Gasteiger partial charge on any atom is -1.00 e. The molecule has 0 saturated carbocycles. The number of fused-ring (bicyclic) bond motifs is 2. The molecule has 0 aliphatic rings. The van der Waals surface area contributed by atoms with Crippen LogP contribution >= 0.6 is 0 Å². The molecule has 0 saturated heterocycles. The third-order valence-electron chi connectivity index (χ3n) is 7.14. The van der Waals surface area contributed by atoms with E-state index in [0.717, 1.165) is 0 Å². The van der Waals surface area contributed by atoms with E-state index in [0.29, 0.717) is 0 Å². The van der Waals surface area contributed by atoms with Gasteiger partial charge in [-0.1, -0.05) is 116 Å². The quantitative estimate of drug-likeness (QED) is 0.139. The first-order valence-corrected chi connectivity index (χ1v) is 14.1. The second kappa shape index (κ2) is 22.0. The standard InChI is InChI=1S/2C17H23.2ClH.Zr/c2*1-2-3-4-5-6-7-10-15-13-14-16-11-8-9-12-17(15)16;;;/h2*8-9,11-14H,2-7,10H2,1H3;2*1H;/q2*-1;;;+4/p-2. The molecule has 0 fully saturated rings. The number of rotatable bonds is 14. The van der Waals surface area contributed by atoms with Crippen LogP contribution in [-0.4, -0.2) is 0 Å². The molecule has 0 nitrogen and oxygen atoms in total. The van der Waals surface area contributed by atoms with E-state index < -0.39 is 0 Å². The van der Waals surface area contributed by atoms with Crippen LogP contribution in [0.4, 0.5) is 0 Å². The van der Waals surface area contributed by atoms with Gasteiger partial charge in [0.25, 0.3) is 0 Å². The topological polar surface area (TPSA) is 0 Å². The van der Waals surface area contributed by atoms with Crippen LogP contribution in [-0.2, 0) is 39.0 Å². The molecule has 0 aromatic heterocycles. The average molecular weight is 617 g/mol. The fraction of sp³-hybridized carbons (Fsp3) is 0.471. The summed E-state index contributed by atoms with van der Waals surface area (Å²) in [5.74, 6) is 0. The summed E-state index contributed by atoms with van der Waals surface area (Å²) in [6, 6.07) is 26.6. The molecular weight excluding hydrogens is 571 g/mol. The molecule has 0 N–H and O–H groups in total. The van der Waals surface area contributed by atoms with Gasteiger partial charge in [0.1, 0.15) is 0 Å². The number of benzene rings is 2. The van der Waals surface area contributed by atoms with Crippen molar-refractivity contribution in [2.24, 2.45) is 0 Å². The van der Waals surface area contributed by atoms with Crippen LogP contribution in [0.15, 0.2) is 72.8 Å². The summed E-state index contributed by atoms with van der Waals surface area (Å²) in [6.45, 7) is 4.55. The van der Waals surface area contributed by atoms with E-state index in [1.165, 1.54) is 123 Å². The normalized spacial score (nSPS) is 10.2. The van der Waals surface area contributed by atoms with Crippen molar-refractivity contribution in [3.05, 3.63) is 83.9 Å². The molecule has 0 aliphatic carbocycles. The minimum absolute atomic E-state index is 0. The van der Waals surface area contributed by atoms with Crippen molar-refractivity contribution in [3.8, 4) is 0 Å². The zero-order valence-corrected chi connectivity index (χ0v) is 27.1. The third kappa shape index (κ3) is 12.7. The van der Waals surface area contributed by atoms with Crippen molar-refractivity contribution >= 4 is 21.5 Å². The van der Waals surface area contributed by atoms with Gasteiger partial charge in [-0.25, -0.2) is 0 Å². The first-order valence-electron chi connectivity index (χ1n) is 14.1. The smallest absolute Gasteiger partial charge is 1.00 e. The van der Waals surface area contributed by atoms with Gasteiger partial charge in [-0.2, -0.15) is 12.1 Å². The van der Waals surface area contributed by atoms with Crippen molar-refractivity contribution in [1.82, 2.24) is 0 Å². The molecule has 0 aliphatic heterocycles. The van der Waals surface area contributed by atoms with Crippen LogP contribution in [0, 0.1) is 0 Å². The third-order valence-corrected chi connectivity index (χ3v) is 7.14. The van der Waals surface area contributed by atoms with Crippen LogP contribution in [0.25, 0.3) is 21.5 Å². The molecule has 4 aromatic rings. The number of halogens is 2. The van der Waals surface area contributed by atoms with Gasteiger partial charge in [0.2, 0.25) is 0 Å². The molecule has 0 amide bonds. The zero-order chi connectivity index (χ0) is 23.8. The Labute approximate surface area is 258 Å². The molecule has 0 atom stereocenters. The first-order chi connectivity index (χ1) is 16.8. The summed E-state index contributed by atoms with van der Waals surface area (Å²) in [7, 11) is 0. The molecule has 37 heavy (non-hydrogen) atoms. The van der Waals surface area contributed by atoms with E-state index in [-0.39, 0.29) is 51.0 Å². The molecule has 0 unspecified atom stereocenters. The number of unbranched alkanes of at least 4 members (excludes halogenated alkanes) is 10.